The maximum Gasteiger partial charge on any atom is 0.255 e. The number of nitrogen functional groups attached to an aromatic ring is 1. The van der Waals surface area contributed by atoms with E-state index in [0.717, 1.165) is 16.7 Å². The zero-order valence-electron chi connectivity index (χ0n) is 20.3. The second kappa shape index (κ2) is 9.54. The average molecular weight is 468 g/mol. The first-order valence-corrected chi connectivity index (χ1v) is 11.4. The van der Waals surface area contributed by atoms with E-state index in [1.54, 1.807) is 12.1 Å². The molecule has 0 aliphatic rings. The molecular formula is C28H29N5O2. The summed E-state index contributed by atoms with van der Waals surface area (Å²) < 4.78 is 0. The van der Waals surface area contributed by atoms with E-state index in [-0.39, 0.29) is 23.0 Å². The Hall–Kier alpha value is -4.26. The highest BCUT2D eigenvalue weighted by atomic mass is 16.3. The van der Waals surface area contributed by atoms with Gasteiger partial charge in [-0.2, -0.15) is 9.97 Å². The second-order valence-corrected chi connectivity index (χ2v) is 9.54. The summed E-state index contributed by atoms with van der Waals surface area (Å²) in [6.45, 7) is 8.33. The molecule has 35 heavy (non-hydrogen) atoms. The Kier molecular flexibility index (Phi) is 6.51. The minimum absolute atomic E-state index is 0.0213. The number of carbonyl (C=O) groups excluding carboxylic acids is 1. The highest BCUT2D eigenvalue weighted by Gasteiger charge is 2.16. The van der Waals surface area contributed by atoms with E-state index in [9.17, 15) is 9.90 Å². The van der Waals surface area contributed by atoms with Gasteiger partial charge in [-0.15, -0.1) is 0 Å². The number of amides is 1. The largest absolute Gasteiger partial charge is 0.508 e. The molecule has 1 amide bonds. The molecule has 0 spiro atoms. The number of benzene rings is 3. The van der Waals surface area contributed by atoms with Gasteiger partial charge in [-0.1, -0.05) is 57.2 Å². The van der Waals surface area contributed by atoms with Crippen LogP contribution in [0.15, 0.2) is 66.7 Å². The summed E-state index contributed by atoms with van der Waals surface area (Å²) in [7, 11) is 0. The van der Waals surface area contributed by atoms with Crippen molar-refractivity contribution in [3.8, 4) is 17.1 Å². The molecule has 0 fully saturated rings. The normalized spacial score (nSPS) is 11.3. The monoisotopic (exact) mass is 467 g/mol. The van der Waals surface area contributed by atoms with Gasteiger partial charge in [0.05, 0.1) is 0 Å². The van der Waals surface area contributed by atoms with Crippen molar-refractivity contribution in [2.24, 2.45) is 0 Å². The van der Waals surface area contributed by atoms with E-state index in [0.29, 0.717) is 29.3 Å². The van der Waals surface area contributed by atoms with Crippen LogP contribution < -0.4 is 11.1 Å². The van der Waals surface area contributed by atoms with Crippen LogP contribution in [0, 0.1) is 6.92 Å². The van der Waals surface area contributed by atoms with Gasteiger partial charge in [-0.05, 0) is 59.4 Å². The van der Waals surface area contributed by atoms with Crippen LogP contribution in [0.3, 0.4) is 0 Å². The summed E-state index contributed by atoms with van der Waals surface area (Å²) >= 11 is 0. The molecule has 0 bridgehead atoms. The quantitative estimate of drug-likeness (QED) is 0.368. The Balaban J connectivity index is 1.59. The van der Waals surface area contributed by atoms with Crippen molar-refractivity contribution in [3.05, 3.63) is 94.8 Å². The van der Waals surface area contributed by atoms with Crippen LogP contribution in [0.1, 0.15) is 53.6 Å². The summed E-state index contributed by atoms with van der Waals surface area (Å²) in [5, 5.41) is 12.5. The molecule has 0 aliphatic heterocycles. The number of hydrogen-bond acceptors (Lipinski definition) is 6. The van der Waals surface area contributed by atoms with Gasteiger partial charge < -0.3 is 16.2 Å². The smallest absolute Gasteiger partial charge is 0.255 e. The molecule has 4 N–H and O–H groups in total. The third-order valence-corrected chi connectivity index (χ3v) is 5.83. The molecule has 4 aromatic rings. The molecule has 0 saturated heterocycles. The number of nitrogens with one attached hydrogen (secondary N) is 1. The van der Waals surface area contributed by atoms with Gasteiger partial charge in [0.2, 0.25) is 5.95 Å². The molecule has 1 heterocycles. The summed E-state index contributed by atoms with van der Waals surface area (Å²) in [5.74, 6) is 1.09. The Morgan fingerprint density at radius 2 is 1.63 bits per heavy atom. The molecule has 0 unspecified atom stereocenters. The maximum atomic E-state index is 12.9. The van der Waals surface area contributed by atoms with Gasteiger partial charge in [0, 0.05) is 23.2 Å². The van der Waals surface area contributed by atoms with Crippen molar-refractivity contribution >= 4 is 17.5 Å². The van der Waals surface area contributed by atoms with Crippen LogP contribution in [0.2, 0.25) is 0 Å². The lowest BCUT2D eigenvalue weighted by molar-refractivity contribution is 0.102. The number of nitrogens with zero attached hydrogens (tertiary/aromatic N) is 3. The van der Waals surface area contributed by atoms with E-state index < -0.39 is 0 Å². The SMILES string of the molecule is Cc1c(NC(=O)c2ccc(C(C)(C)C)cc2)cccc1-c1nc(N)nc(Cc2ccc(O)cc2)n1. The molecule has 4 rings (SSSR count). The Labute approximate surface area is 205 Å². The minimum atomic E-state index is -0.186. The van der Waals surface area contributed by atoms with Gasteiger partial charge in [0.25, 0.3) is 5.91 Å². The predicted octanol–water partition coefficient (Wildman–Crippen LogP) is 5.28. The van der Waals surface area contributed by atoms with Crippen LogP contribution in [-0.2, 0) is 11.8 Å². The molecule has 3 aromatic carbocycles. The zero-order chi connectivity index (χ0) is 25.2. The highest BCUT2D eigenvalue weighted by molar-refractivity contribution is 6.05. The lowest BCUT2D eigenvalue weighted by Crippen LogP contribution is -2.15. The Morgan fingerprint density at radius 3 is 2.29 bits per heavy atom. The van der Waals surface area contributed by atoms with Crippen LogP contribution in [-0.4, -0.2) is 26.0 Å². The van der Waals surface area contributed by atoms with Gasteiger partial charge >= 0.3 is 0 Å². The topological polar surface area (TPSA) is 114 Å². The van der Waals surface area contributed by atoms with Crippen LogP contribution in [0.5, 0.6) is 5.75 Å². The molecule has 0 saturated carbocycles. The lowest BCUT2D eigenvalue weighted by Gasteiger charge is -2.19. The molecule has 7 heteroatoms. The van der Waals surface area contributed by atoms with Crippen molar-refractivity contribution in [2.75, 3.05) is 11.1 Å². The van der Waals surface area contributed by atoms with Crippen LogP contribution >= 0.6 is 0 Å². The van der Waals surface area contributed by atoms with Crippen LogP contribution in [0.4, 0.5) is 11.6 Å². The van der Waals surface area contributed by atoms with Gasteiger partial charge in [0.15, 0.2) is 5.82 Å². The number of anilines is 2. The first-order chi connectivity index (χ1) is 16.6. The average Bonchev–Trinajstić information content (AvgIpc) is 2.81. The van der Waals surface area contributed by atoms with Crippen molar-refractivity contribution in [3.63, 3.8) is 0 Å². The van der Waals surface area contributed by atoms with Crippen molar-refractivity contribution in [1.29, 1.82) is 0 Å². The number of carbonyl (C=O) groups is 1. The third kappa shape index (κ3) is 5.63. The number of aromatic nitrogens is 3. The Bertz CT molecular complexity index is 1360. The summed E-state index contributed by atoms with van der Waals surface area (Å²) in [6, 6.07) is 20.1. The van der Waals surface area contributed by atoms with Crippen molar-refractivity contribution < 1.29 is 9.90 Å². The zero-order valence-corrected chi connectivity index (χ0v) is 20.3. The molecule has 0 radical (unpaired) electrons. The fourth-order valence-corrected chi connectivity index (χ4v) is 3.76. The fourth-order valence-electron chi connectivity index (χ4n) is 3.76. The third-order valence-electron chi connectivity index (χ3n) is 5.83. The summed E-state index contributed by atoms with van der Waals surface area (Å²) in [6.07, 6.45) is 0.444. The van der Waals surface area contributed by atoms with Crippen LogP contribution in [0.25, 0.3) is 11.4 Å². The summed E-state index contributed by atoms with van der Waals surface area (Å²) in [5.41, 5.74) is 11.0. The van der Waals surface area contributed by atoms with Gasteiger partial charge in [0.1, 0.15) is 11.6 Å². The molecular weight excluding hydrogens is 438 g/mol. The second-order valence-electron chi connectivity index (χ2n) is 9.54. The van der Waals surface area contributed by atoms with Crippen molar-refractivity contribution in [2.45, 2.75) is 39.5 Å². The number of nitrogens with two attached hydrogens (primary N) is 1. The lowest BCUT2D eigenvalue weighted by atomic mass is 9.86. The van der Waals surface area contributed by atoms with E-state index >= 15 is 0 Å². The number of rotatable bonds is 5. The molecule has 7 nitrogen and oxygen atoms in total. The molecule has 0 aliphatic carbocycles. The first kappa shape index (κ1) is 23.9. The minimum Gasteiger partial charge on any atom is -0.508 e. The van der Waals surface area contributed by atoms with E-state index in [4.69, 9.17) is 5.73 Å². The number of phenolic OH excluding ortho intramolecular Hbond substituents is 1. The van der Waals surface area contributed by atoms with Crippen molar-refractivity contribution in [1.82, 2.24) is 15.0 Å². The highest BCUT2D eigenvalue weighted by Crippen LogP contribution is 2.28. The molecule has 178 valence electrons. The predicted molar refractivity (Wildman–Crippen MR) is 138 cm³/mol. The molecule has 1 aromatic heterocycles. The fraction of sp³-hybridized carbons (Fsp3) is 0.214. The number of phenols is 1. The first-order valence-electron chi connectivity index (χ1n) is 11.4. The standard InChI is InChI=1S/C28H29N5O2/c1-17-22(25-31-24(32-27(29)33-25)16-18-8-14-21(34)15-9-18)6-5-7-23(17)30-26(35)19-10-12-20(13-11-19)28(2,3)4/h5-15,34H,16H2,1-4H3,(H,30,35)(H2,29,31,32,33). The number of hydrogen-bond donors (Lipinski definition) is 3. The number of aromatic hydroxyl groups is 1. The van der Waals surface area contributed by atoms with E-state index in [1.807, 2.05) is 61.5 Å². The maximum absolute atomic E-state index is 12.9. The van der Waals surface area contributed by atoms with Gasteiger partial charge in [-0.3, -0.25) is 4.79 Å². The van der Waals surface area contributed by atoms with E-state index in [1.165, 1.54) is 5.56 Å². The summed E-state index contributed by atoms with van der Waals surface area (Å²) in [4.78, 5) is 26.1. The Morgan fingerprint density at radius 1 is 0.943 bits per heavy atom. The molecule has 0 atom stereocenters. The van der Waals surface area contributed by atoms with Gasteiger partial charge in [-0.25, -0.2) is 4.98 Å². The van der Waals surface area contributed by atoms with E-state index in [2.05, 4.69) is 41.0 Å².